The number of rotatable bonds is 3. The molecule has 0 spiro atoms. The lowest BCUT2D eigenvalue weighted by molar-refractivity contribution is 0.149. The molecule has 1 aliphatic heterocycles. The maximum Gasteiger partial charge on any atom is 0.133 e. The number of likely N-dealkylation sites (tertiary alicyclic amines) is 1. The third kappa shape index (κ3) is 3.23. The van der Waals surface area contributed by atoms with E-state index in [1.54, 1.807) is 22.7 Å². The Morgan fingerprint density at radius 2 is 2.27 bits per heavy atom. The van der Waals surface area contributed by atoms with Gasteiger partial charge in [-0.2, -0.15) is 0 Å². The van der Waals surface area contributed by atoms with Crippen LogP contribution in [-0.2, 0) is 0 Å². The molecule has 0 bridgehead atoms. The zero-order valence-corrected chi connectivity index (χ0v) is 16.4. The second-order valence-electron chi connectivity index (χ2n) is 6.55. The Bertz CT molecular complexity index is 968. The van der Waals surface area contributed by atoms with E-state index < -0.39 is 6.17 Å². The van der Waals surface area contributed by atoms with Crippen molar-refractivity contribution in [2.45, 2.75) is 25.6 Å². The zero-order valence-electron chi connectivity index (χ0n) is 14.8. The summed E-state index contributed by atoms with van der Waals surface area (Å²) in [6, 6.07) is 6.02. The molecule has 2 aromatic heterocycles. The van der Waals surface area contributed by atoms with Crippen LogP contribution < -0.4 is 5.32 Å². The van der Waals surface area contributed by atoms with Gasteiger partial charge >= 0.3 is 0 Å². The number of thiazole rings is 1. The molecule has 0 unspecified atom stereocenters. The molecule has 0 radical (unpaired) electrons. The monoisotopic (exact) mass is 385 g/mol. The summed E-state index contributed by atoms with van der Waals surface area (Å²) in [5.74, 6) is 6.23. The van der Waals surface area contributed by atoms with Gasteiger partial charge in [0.25, 0.3) is 0 Å². The van der Waals surface area contributed by atoms with Crippen molar-refractivity contribution in [3.63, 3.8) is 0 Å². The Labute approximate surface area is 160 Å². The summed E-state index contributed by atoms with van der Waals surface area (Å²) in [6.45, 7) is 3.24. The summed E-state index contributed by atoms with van der Waals surface area (Å²) in [4.78, 5) is 7.55. The number of piperidine rings is 1. The summed E-state index contributed by atoms with van der Waals surface area (Å²) in [5.41, 5.74) is 4.88. The molecule has 0 saturated carbocycles. The lowest BCUT2D eigenvalue weighted by atomic mass is 10.0. The SMILES string of the molecule is CC#Cc1sc2c(N[C@H]3CCN(C)C[C@@H]3F)cccc2c1-c1cscn1. The first-order valence-electron chi connectivity index (χ1n) is 8.63. The van der Waals surface area contributed by atoms with Gasteiger partial charge in [-0.25, -0.2) is 9.37 Å². The van der Waals surface area contributed by atoms with Crippen molar-refractivity contribution in [3.05, 3.63) is 34.0 Å². The Hall–Kier alpha value is -1.94. The first-order chi connectivity index (χ1) is 12.7. The quantitative estimate of drug-likeness (QED) is 0.653. The number of anilines is 1. The Morgan fingerprint density at radius 3 is 3.00 bits per heavy atom. The molecule has 3 heterocycles. The molecule has 0 amide bonds. The molecule has 3 nitrogen and oxygen atoms in total. The zero-order chi connectivity index (χ0) is 18.1. The van der Waals surface area contributed by atoms with E-state index in [0.717, 1.165) is 44.9 Å². The van der Waals surface area contributed by atoms with Crippen LogP contribution in [0.3, 0.4) is 0 Å². The van der Waals surface area contributed by atoms with Crippen molar-refractivity contribution < 1.29 is 4.39 Å². The van der Waals surface area contributed by atoms with E-state index in [2.05, 4.69) is 33.6 Å². The van der Waals surface area contributed by atoms with Crippen LogP contribution in [0.1, 0.15) is 18.2 Å². The van der Waals surface area contributed by atoms with E-state index in [1.807, 2.05) is 36.5 Å². The predicted octanol–water partition coefficient (Wildman–Crippen LogP) is 4.85. The van der Waals surface area contributed by atoms with Gasteiger partial charge < -0.3 is 10.2 Å². The molecule has 4 rings (SSSR count). The van der Waals surface area contributed by atoms with E-state index in [9.17, 15) is 4.39 Å². The van der Waals surface area contributed by atoms with E-state index in [-0.39, 0.29) is 6.04 Å². The predicted molar refractivity (Wildman–Crippen MR) is 110 cm³/mol. The number of halogens is 1. The van der Waals surface area contributed by atoms with Gasteiger partial charge in [-0.3, -0.25) is 0 Å². The molecule has 2 atom stereocenters. The number of alkyl halides is 1. The number of fused-ring (bicyclic) bond motifs is 1. The first kappa shape index (κ1) is 17.5. The summed E-state index contributed by atoms with van der Waals surface area (Å²) in [5, 5.41) is 6.65. The Morgan fingerprint density at radius 1 is 1.38 bits per heavy atom. The Kier molecular flexibility index (Phi) is 4.94. The number of hydrogen-bond donors (Lipinski definition) is 1. The third-order valence-electron chi connectivity index (χ3n) is 4.73. The summed E-state index contributed by atoms with van der Waals surface area (Å²) >= 11 is 3.24. The van der Waals surface area contributed by atoms with Crippen LogP contribution in [0.4, 0.5) is 10.1 Å². The van der Waals surface area contributed by atoms with E-state index in [1.165, 1.54) is 0 Å². The lowest BCUT2D eigenvalue weighted by Gasteiger charge is -2.33. The van der Waals surface area contributed by atoms with Crippen molar-refractivity contribution in [2.75, 3.05) is 25.5 Å². The van der Waals surface area contributed by atoms with Gasteiger partial charge in [-0.1, -0.05) is 18.1 Å². The topological polar surface area (TPSA) is 28.2 Å². The molecule has 3 aromatic rings. The van der Waals surface area contributed by atoms with Crippen LogP contribution in [0.15, 0.2) is 29.1 Å². The summed E-state index contributed by atoms with van der Waals surface area (Å²) < 4.78 is 15.6. The largest absolute Gasteiger partial charge is 0.378 e. The highest BCUT2D eigenvalue weighted by Crippen LogP contribution is 2.42. The van der Waals surface area contributed by atoms with Crippen LogP contribution in [0.25, 0.3) is 21.3 Å². The maximum atomic E-state index is 14.5. The summed E-state index contributed by atoms with van der Waals surface area (Å²) in [7, 11) is 1.97. The smallest absolute Gasteiger partial charge is 0.133 e. The molecule has 134 valence electrons. The number of nitrogens with zero attached hydrogens (tertiary/aromatic N) is 2. The maximum absolute atomic E-state index is 14.5. The van der Waals surface area contributed by atoms with Gasteiger partial charge in [-0.05, 0) is 26.5 Å². The number of thiophene rings is 1. The molecule has 1 fully saturated rings. The van der Waals surface area contributed by atoms with Crippen molar-refractivity contribution in [1.82, 2.24) is 9.88 Å². The van der Waals surface area contributed by atoms with Gasteiger partial charge in [0.2, 0.25) is 0 Å². The average molecular weight is 386 g/mol. The number of nitrogens with one attached hydrogen (secondary N) is 1. The van der Waals surface area contributed by atoms with E-state index in [4.69, 9.17) is 0 Å². The van der Waals surface area contributed by atoms with Gasteiger partial charge in [0.05, 0.1) is 32.5 Å². The van der Waals surface area contributed by atoms with Gasteiger partial charge in [-0.15, -0.1) is 28.6 Å². The van der Waals surface area contributed by atoms with E-state index in [0.29, 0.717) is 6.54 Å². The van der Waals surface area contributed by atoms with Crippen LogP contribution in [0.2, 0.25) is 0 Å². The Balaban J connectivity index is 1.77. The lowest BCUT2D eigenvalue weighted by Crippen LogP contribution is -2.46. The summed E-state index contributed by atoms with van der Waals surface area (Å²) in [6.07, 6.45) is -0.0584. The van der Waals surface area contributed by atoms with Crippen molar-refractivity contribution in [3.8, 4) is 23.1 Å². The molecule has 1 aromatic carbocycles. The normalized spacial score (nSPS) is 20.7. The second-order valence-corrected chi connectivity index (χ2v) is 8.29. The molecule has 0 aliphatic carbocycles. The first-order valence-corrected chi connectivity index (χ1v) is 10.4. The number of hydrogen-bond acceptors (Lipinski definition) is 5. The van der Waals surface area contributed by atoms with Crippen LogP contribution in [0.5, 0.6) is 0 Å². The van der Waals surface area contributed by atoms with Gasteiger partial charge in [0.15, 0.2) is 0 Å². The fourth-order valence-corrected chi connectivity index (χ4v) is 5.18. The minimum Gasteiger partial charge on any atom is -0.378 e. The van der Waals surface area contributed by atoms with Gasteiger partial charge in [0, 0.05) is 29.4 Å². The van der Waals surface area contributed by atoms with Crippen molar-refractivity contribution >= 4 is 38.4 Å². The number of aromatic nitrogens is 1. The van der Waals surface area contributed by atoms with E-state index >= 15 is 0 Å². The number of benzene rings is 1. The molecule has 1 aliphatic rings. The standard InChI is InChI=1S/C20H20FN3S2/c1-3-5-18-19(17-11-25-12-22-17)13-6-4-7-16(20(13)26-18)23-15-8-9-24(2)10-14(15)21/h4,6-7,11-12,14-15,23H,8-10H2,1-2H3/t14-,15-/m0/s1. The molecule has 6 heteroatoms. The molecule has 26 heavy (non-hydrogen) atoms. The van der Waals surface area contributed by atoms with Gasteiger partial charge in [0.1, 0.15) is 6.17 Å². The van der Waals surface area contributed by atoms with Crippen LogP contribution in [-0.4, -0.2) is 42.2 Å². The van der Waals surface area contributed by atoms with Crippen molar-refractivity contribution in [1.29, 1.82) is 0 Å². The van der Waals surface area contributed by atoms with Crippen LogP contribution >= 0.6 is 22.7 Å². The molecular formula is C20H20FN3S2. The fourth-order valence-electron chi connectivity index (χ4n) is 3.44. The highest BCUT2D eigenvalue weighted by Gasteiger charge is 2.28. The highest BCUT2D eigenvalue weighted by atomic mass is 32.1. The van der Waals surface area contributed by atoms with Crippen molar-refractivity contribution in [2.24, 2.45) is 0 Å². The second kappa shape index (κ2) is 7.36. The average Bonchev–Trinajstić information content (AvgIpc) is 3.25. The fraction of sp³-hybridized carbons (Fsp3) is 0.350. The third-order valence-corrected chi connectivity index (χ3v) is 6.47. The highest BCUT2D eigenvalue weighted by molar-refractivity contribution is 7.21. The minimum atomic E-state index is -0.864. The molecule has 1 N–H and O–H groups in total. The van der Waals surface area contributed by atoms with Crippen LogP contribution in [0, 0.1) is 11.8 Å². The molecular weight excluding hydrogens is 365 g/mol. The minimum absolute atomic E-state index is 0.151. The molecule has 1 saturated heterocycles.